The van der Waals surface area contributed by atoms with Crippen molar-refractivity contribution in [3.05, 3.63) is 63.7 Å². The SMILES string of the molecule is COc1ccc([N+](=O)[O-])cc1C(=O)OCC(=O)Nc1ccc(C)cc1. The summed E-state index contributed by atoms with van der Waals surface area (Å²) in [7, 11) is 1.32. The number of non-ortho nitro benzene ring substituents is 1. The molecule has 0 fully saturated rings. The third-order valence-corrected chi connectivity index (χ3v) is 3.28. The molecule has 0 heterocycles. The summed E-state index contributed by atoms with van der Waals surface area (Å²) in [5.41, 5.74) is 1.21. The zero-order valence-electron chi connectivity index (χ0n) is 13.6. The van der Waals surface area contributed by atoms with Crippen LogP contribution in [0.25, 0.3) is 0 Å². The van der Waals surface area contributed by atoms with Gasteiger partial charge in [-0.15, -0.1) is 0 Å². The number of ether oxygens (including phenoxy) is 2. The second-order valence-corrected chi connectivity index (χ2v) is 5.13. The van der Waals surface area contributed by atoms with E-state index in [4.69, 9.17) is 9.47 Å². The molecule has 0 saturated carbocycles. The number of benzene rings is 2. The molecule has 0 atom stereocenters. The molecule has 0 radical (unpaired) electrons. The molecule has 0 saturated heterocycles. The first-order valence-corrected chi connectivity index (χ1v) is 7.27. The first-order chi connectivity index (χ1) is 11.9. The summed E-state index contributed by atoms with van der Waals surface area (Å²) in [6, 6.07) is 10.6. The molecule has 0 aromatic heterocycles. The highest BCUT2D eigenvalue weighted by molar-refractivity contribution is 5.97. The van der Waals surface area contributed by atoms with Gasteiger partial charge in [-0.05, 0) is 25.1 Å². The Hall–Kier alpha value is -3.42. The standard InChI is InChI=1S/C17H16N2O6/c1-11-3-5-12(6-4-11)18-16(20)10-25-17(21)14-9-13(19(22)23)7-8-15(14)24-2/h3-9H,10H2,1-2H3,(H,18,20). The molecule has 0 bridgehead atoms. The maximum absolute atomic E-state index is 12.1. The number of nitro benzene ring substituents is 1. The molecule has 0 aliphatic heterocycles. The maximum atomic E-state index is 12.1. The second kappa shape index (κ2) is 7.91. The Morgan fingerprint density at radius 3 is 2.44 bits per heavy atom. The Morgan fingerprint density at radius 2 is 1.84 bits per heavy atom. The summed E-state index contributed by atoms with van der Waals surface area (Å²) >= 11 is 0. The number of methoxy groups -OCH3 is 1. The van der Waals surface area contributed by atoms with Crippen LogP contribution in [0.5, 0.6) is 5.75 Å². The number of hydrogen-bond donors (Lipinski definition) is 1. The van der Waals surface area contributed by atoms with Gasteiger partial charge in [0.25, 0.3) is 11.6 Å². The van der Waals surface area contributed by atoms with E-state index in [1.807, 2.05) is 19.1 Å². The number of esters is 1. The number of nitrogens with one attached hydrogen (secondary N) is 1. The molecular weight excluding hydrogens is 328 g/mol. The van der Waals surface area contributed by atoms with Crippen LogP contribution in [0.1, 0.15) is 15.9 Å². The van der Waals surface area contributed by atoms with E-state index in [2.05, 4.69) is 5.32 Å². The first kappa shape index (κ1) is 17.9. The van der Waals surface area contributed by atoms with Crippen molar-refractivity contribution < 1.29 is 24.0 Å². The van der Waals surface area contributed by atoms with E-state index >= 15 is 0 Å². The summed E-state index contributed by atoms with van der Waals surface area (Å²) in [5.74, 6) is -1.30. The zero-order valence-corrected chi connectivity index (χ0v) is 13.6. The number of carbonyl (C=O) groups excluding carboxylic acids is 2. The van der Waals surface area contributed by atoms with Crippen LogP contribution < -0.4 is 10.1 Å². The predicted molar refractivity (Wildman–Crippen MR) is 89.7 cm³/mol. The van der Waals surface area contributed by atoms with Gasteiger partial charge in [0.05, 0.1) is 12.0 Å². The number of aryl methyl sites for hydroxylation is 1. The van der Waals surface area contributed by atoms with E-state index in [1.165, 1.54) is 19.2 Å². The van der Waals surface area contributed by atoms with Crippen molar-refractivity contribution in [2.24, 2.45) is 0 Å². The zero-order chi connectivity index (χ0) is 18.4. The van der Waals surface area contributed by atoms with E-state index in [-0.39, 0.29) is 17.0 Å². The highest BCUT2D eigenvalue weighted by Crippen LogP contribution is 2.24. The fraction of sp³-hybridized carbons (Fsp3) is 0.176. The van der Waals surface area contributed by atoms with Gasteiger partial charge in [-0.1, -0.05) is 17.7 Å². The number of rotatable bonds is 6. The minimum Gasteiger partial charge on any atom is -0.496 e. The molecule has 0 aliphatic rings. The molecule has 0 unspecified atom stereocenters. The van der Waals surface area contributed by atoms with Crippen LogP contribution in [-0.2, 0) is 9.53 Å². The molecule has 1 amide bonds. The lowest BCUT2D eigenvalue weighted by atomic mass is 10.2. The van der Waals surface area contributed by atoms with Gasteiger partial charge >= 0.3 is 5.97 Å². The highest BCUT2D eigenvalue weighted by Gasteiger charge is 2.19. The normalized spacial score (nSPS) is 10.0. The summed E-state index contributed by atoms with van der Waals surface area (Å²) in [6.07, 6.45) is 0. The average molecular weight is 344 g/mol. The second-order valence-electron chi connectivity index (χ2n) is 5.13. The van der Waals surface area contributed by atoms with Gasteiger partial charge in [0.1, 0.15) is 11.3 Å². The van der Waals surface area contributed by atoms with Crippen molar-refractivity contribution in [3.63, 3.8) is 0 Å². The van der Waals surface area contributed by atoms with Crippen molar-refractivity contribution in [1.82, 2.24) is 0 Å². The lowest BCUT2D eigenvalue weighted by Crippen LogP contribution is -2.21. The number of hydrogen-bond acceptors (Lipinski definition) is 6. The molecule has 8 nitrogen and oxygen atoms in total. The van der Waals surface area contributed by atoms with Gasteiger partial charge in [-0.3, -0.25) is 14.9 Å². The molecule has 2 aromatic rings. The van der Waals surface area contributed by atoms with Gasteiger partial charge in [0.2, 0.25) is 0 Å². The van der Waals surface area contributed by atoms with Crippen molar-refractivity contribution in [3.8, 4) is 5.75 Å². The molecule has 8 heteroatoms. The molecule has 2 rings (SSSR count). The van der Waals surface area contributed by atoms with Crippen molar-refractivity contribution in [2.45, 2.75) is 6.92 Å². The third kappa shape index (κ3) is 4.77. The minimum absolute atomic E-state index is 0.120. The topological polar surface area (TPSA) is 108 Å². The van der Waals surface area contributed by atoms with Crippen LogP contribution >= 0.6 is 0 Å². The fourth-order valence-corrected chi connectivity index (χ4v) is 2.01. The number of nitrogens with zero attached hydrogens (tertiary/aromatic N) is 1. The van der Waals surface area contributed by atoms with E-state index < -0.39 is 23.4 Å². The van der Waals surface area contributed by atoms with E-state index in [0.717, 1.165) is 11.6 Å². The number of anilines is 1. The van der Waals surface area contributed by atoms with Gasteiger partial charge in [-0.25, -0.2) is 4.79 Å². The molecular formula is C17H16N2O6. The van der Waals surface area contributed by atoms with Gasteiger partial charge in [0.15, 0.2) is 6.61 Å². The summed E-state index contributed by atoms with van der Waals surface area (Å²) in [4.78, 5) is 34.1. The van der Waals surface area contributed by atoms with Crippen LogP contribution in [0.3, 0.4) is 0 Å². The predicted octanol–water partition coefficient (Wildman–Crippen LogP) is 2.71. The molecule has 1 N–H and O–H groups in total. The van der Waals surface area contributed by atoms with E-state index in [1.54, 1.807) is 12.1 Å². The van der Waals surface area contributed by atoms with Crippen LogP contribution in [0.4, 0.5) is 11.4 Å². The quantitative estimate of drug-likeness (QED) is 0.490. The fourth-order valence-electron chi connectivity index (χ4n) is 2.01. The molecule has 25 heavy (non-hydrogen) atoms. The minimum atomic E-state index is -0.889. The molecule has 2 aromatic carbocycles. The van der Waals surface area contributed by atoms with E-state index in [0.29, 0.717) is 5.69 Å². The molecule has 0 aliphatic carbocycles. The van der Waals surface area contributed by atoms with Crippen molar-refractivity contribution in [1.29, 1.82) is 0 Å². The van der Waals surface area contributed by atoms with Crippen LogP contribution in [-0.4, -0.2) is 30.5 Å². The van der Waals surface area contributed by atoms with Crippen molar-refractivity contribution >= 4 is 23.3 Å². The Labute approximate surface area is 143 Å². The largest absolute Gasteiger partial charge is 0.496 e. The van der Waals surface area contributed by atoms with Crippen molar-refractivity contribution in [2.75, 3.05) is 19.0 Å². The van der Waals surface area contributed by atoms with E-state index in [9.17, 15) is 19.7 Å². The average Bonchev–Trinajstić information content (AvgIpc) is 2.61. The lowest BCUT2D eigenvalue weighted by molar-refractivity contribution is -0.384. The lowest BCUT2D eigenvalue weighted by Gasteiger charge is -2.09. The summed E-state index contributed by atoms with van der Waals surface area (Å²) in [5, 5.41) is 13.4. The number of amides is 1. The maximum Gasteiger partial charge on any atom is 0.342 e. The summed E-state index contributed by atoms with van der Waals surface area (Å²) in [6.45, 7) is 1.39. The third-order valence-electron chi connectivity index (χ3n) is 3.28. The monoisotopic (exact) mass is 344 g/mol. The number of nitro groups is 1. The Kier molecular flexibility index (Phi) is 5.67. The van der Waals surface area contributed by atoms with Gasteiger partial charge < -0.3 is 14.8 Å². The Morgan fingerprint density at radius 1 is 1.16 bits per heavy atom. The number of carbonyl (C=O) groups is 2. The van der Waals surface area contributed by atoms with Crippen LogP contribution in [0, 0.1) is 17.0 Å². The van der Waals surface area contributed by atoms with Gasteiger partial charge in [-0.2, -0.15) is 0 Å². The first-order valence-electron chi connectivity index (χ1n) is 7.27. The van der Waals surface area contributed by atoms with Crippen LogP contribution in [0.15, 0.2) is 42.5 Å². The molecule has 0 spiro atoms. The smallest absolute Gasteiger partial charge is 0.342 e. The van der Waals surface area contributed by atoms with Crippen LogP contribution in [0.2, 0.25) is 0 Å². The Bertz CT molecular complexity index is 801. The summed E-state index contributed by atoms with van der Waals surface area (Å²) < 4.78 is 9.90. The molecule has 130 valence electrons. The van der Waals surface area contributed by atoms with Gasteiger partial charge in [0, 0.05) is 17.8 Å². The Balaban J connectivity index is 2.01. The highest BCUT2D eigenvalue weighted by atomic mass is 16.6.